The van der Waals surface area contributed by atoms with E-state index in [9.17, 15) is 9.59 Å². The second-order valence-corrected chi connectivity index (χ2v) is 7.57. The molecule has 0 aromatic heterocycles. The molecular formula is C26H28N2O3. The van der Waals surface area contributed by atoms with Crippen LogP contribution in [-0.2, 0) is 17.8 Å². The Kier molecular flexibility index (Phi) is 7.82. The number of carbonyl (C=O) groups excluding carboxylic acids is 2. The van der Waals surface area contributed by atoms with Gasteiger partial charge in [-0.05, 0) is 37.6 Å². The Labute approximate surface area is 183 Å². The summed E-state index contributed by atoms with van der Waals surface area (Å²) in [6.45, 7) is 4.24. The minimum Gasteiger partial charge on any atom is -0.491 e. The Bertz CT molecular complexity index is 988. The highest BCUT2D eigenvalue weighted by Crippen LogP contribution is 2.19. The summed E-state index contributed by atoms with van der Waals surface area (Å²) < 4.78 is 5.84. The number of carbonyl (C=O) groups is 2. The maximum atomic E-state index is 13.1. The molecule has 3 aromatic rings. The first-order valence-corrected chi connectivity index (χ1v) is 10.4. The van der Waals surface area contributed by atoms with E-state index in [1.165, 1.54) is 0 Å². The molecular weight excluding hydrogens is 388 g/mol. The van der Waals surface area contributed by atoms with E-state index >= 15 is 0 Å². The third-order valence-electron chi connectivity index (χ3n) is 4.73. The molecule has 0 fully saturated rings. The molecule has 5 heteroatoms. The zero-order valence-electron chi connectivity index (χ0n) is 17.9. The molecule has 160 valence electrons. The van der Waals surface area contributed by atoms with Gasteiger partial charge < -0.3 is 15.4 Å². The summed E-state index contributed by atoms with van der Waals surface area (Å²) in [6, 6.07) is 25.5. The first-order chi connectivity index (χ1) is 15.0. The molecule has 0 saturated heterocycles. The fourth-order valence-electron chi connectivity index (χ4n) is 3.21. The summed E-state index contributed by atoms with van der Waals surface area (Å²) in [4.78, 5) is 25.7. The molecule has 1 atom stereocenters. The molecule has 5 nitrogen and oxygen atoms in total. The van der Waals surface area contributed by atoms with E-state index < -0.39 is 6.04 Å². The van der Waals surface area contributed by atoms with Crippen LogP contribution in [0.4, 0.5) is 0 Å². The van der Waals surface area contributed by atoms with Crippen LogP contribution in [0.1, 0.15) is 35.3 Å². The van der Waals surface area contributed by atoms with Crippen molar-refractivity contribution in [3.8, 4) is 5.75 Å². The highest BCUT2D eigenvalue weighted by molar-refractivity contribution is 5.97. The van der Waals surface area contributed by atoms with Crippen LogP contribution >= 0.6 is 0 Å². The van der Waals surface area contributed by atoms with Crippen LogP contribution in [0.3, 0.4) is 0 Å². The average molecular weight is 417 g/mol. The lowest BCUT2D eigenvalue weighted by Crippen LogP contribution is -2.47. The van der Waals surface area contributed by atoms with E-state index in [0.29, 0.717) is 18.5 Å². The largest absolute Gasteiger partial charge is 0.491 e. The predicted octanol–water partition coefficient (Wildman–Crippen LogP) is 4.13. The van der Waals surface area contributed by atoms with Crippen LogP contribution in [0.5, 0.6) is 5.75 Å². The van der Waals surface area contributed by atoms with Gasteiger partial charge in [0.15, 0.2) is 0 Å². The minimum absolute atomic E-state index is 0.0350. The number of hydrogen-bond donors (Lipinski definition) is 2. The van der Waals surface area contributed by atoms with Gasteiger partial charge in [0.2, 0.25) is 5.91 Å². The van der Waals surface area contributed by atoms with Gasteiger partial charge in [0.1, 0.15) is 11.8 Å². The Hall–Kier alpha value is -3.60. The maximum absolute atomic E-state index is 13.1. The highest BCUT2D eigenvalue weighted by atomic mass is 16.5. The average Bonchev–Trinajstić information content (AvgIpc) is 2.78. The van der Waals surface area contributed by atoms with Crippen molar-refractivity contribution in [1.29, 1.82) is 0 Å². The highest BCUT2D eigenvalue weighted by Gasteiger charge is 2.22. The molecule has 3 rings (SSSR count). The van der Waals surface area contributed by atoms with Crippen LogP contribution in [0, 0.1) is 0 Å². The molecule has 0 saturated carbocycles. The Morgan fingerprint density at radius 1 is 0.839 bits per heavy atom. The van der Waals surface area contributed by atoms with E-state index in [1.54, 1.807) is 24.3 Å². The Balaban J connectivity index is 1.72. The Morgan fingerprint density at radius 3 is 2.13 bits per heavy atom. The van der Waals surface area contributed by atoms with Crippen molar-refractivity contribution in [2.45, 2.75) is 39.0 Å². The van der Waals surface area contributed by atoms with Crippen molar-refractivity contribution >= 4 is 11.8 Å². The molecule has 0 aliphatic carbocycles. The van der Waals surface area contributed by atoms with E-state index in [4.69, 9.17) is 4.74 Å². The smallest absolute Gasteiger partial charge is 0.251 e. The molecule has 2 amide bonds. The standard InChI is InChI=1S/C26H28N2O3/c1-19(2)31-24-16-10-9-15-22(24)18-27-26(30)23(17-20-11-5-3-6-12-20)28-25(29)21-13-7-4-8-14-21/h3-16,19,23H,17-18H2,1-2H3,(H,27,30)(H,28,29). The van der Waals surface area contributed by atoms with Crippen LogP contribution in [0.25, 0.3) is 0 Å². The molecule has 3 aromatic carbocycles. The maximum Gasteiger partial charge on any atom is 0.251 e. The summed E-state index contributed by atoms with van der Waals surface area (Å²) in [5.41, 5.74) is 2.38. The minimum atomic E-state index is -0.701. The Morgan fingerprint density at radius 2 is 1.45 bits per heavy atom. The van der Waals surface area contributed by atoms with Gasteiger partial charge in [-0.25, -0.2) is 0 Å². The molecule has 31 heavy (non-hydrogen) atoms. The fourth-order valence-corrected chi connectivity index (χ4v) is 3.21. The van der Waals surface area contributed by atoms with Crippen LogP contribution in [0.15, 0.2) is 84.9 Å². The lowest BCUT2D eigenvalue weighted by atomic mass is 10.0. The number of para-hydroxylation sites is 1. The summed E-state index contributed by atoms with van der Waals surface area (Å²) in [5, 5.41) is 5.84. The topological polar surface area (TPSA) is 67.4 Å². The molecule has 1 unspecified atom stereocenters. The molecule has 2 N–H and O–H groups in total. The summed E-state index contributed by atoms with van der Waals surface area (Å²) in [7, 11) is 0. The van der Waals surface area contributed by atoms with Crippen LogP contribution in [0.2, 0.25) is 0 Å². The van der Waals surface area contributed by atoms with E-state index in [0.717, 1.165) is 16.9 Å². The quantitative estimate of drug-likeness (QED) is 0.551. The zero-order valence-corrected chi connectivity index (χ0v) is 17.9. The second-order valence-electron chi connectivity index (χ2n) is 7.57. The number of ether oxygens (including phenoxy) is 1. The van der Waals surface area contributed by atoms with E-state index in [2.05, 4.69) is 10.6 Å². The van der Waals surface area contributed by atoms with Crippen LogP contribution in [-0.4, -0.2) is 24.0 Å². The molecule has 0 heterocycles. The molecule has 0 aliphatic rings. The fraction of sp³-hybridized carbons (Fsp3) is 0.231. The normalized spacial score (nSPS) is 11.6. The van der Waals surface area contributed by atoms with Crippen molar-refractivity contribution in [2.24, 2.45) is 0 Å². The lowest BCUT2D eigenvalue weighted by Gasteiger charge is -2.20. The van der Waals surface area contributed by atoms with Crippen molar-refractivity contribution < 1.29 is 14.3 Å². The summed E-state index contributed by atoms with van der Waals surface area (Å²) in [5.74, 6) is 0.221. The number of rotatable bonds is 9. The zero-order chi connectivity index (χ0) is 22.1. The van der Waals surface area contributed by atoms with Gasteiger partial charge in [0.05, 0.1) is 6.10 Å². The second kappa shape index (κ2) is 11.0. The molecule has 0 spiro atoms. The first-order valence-electron chi connectivity index (χ1n) is 10.4. The van der Waals surface area contributed by atoms with Crippen molar-refractivity contribution in [3.05, 3.63) is 102 Å². The number of hydrogen-bond acceptors (Lipinski definition) is 3. The third-order valence-corrected chi connectivity index (χ3v) is 4.73. The predicted molar refractivity (Wildman–Crippen MR) is 122 cm³/mol. The van der Waals surface area contributed by atoms with Gasteiger partial charge in [-0.1, -0.05) is 66.7 Å². The van der Waals surface area contributed by atoms with Crippen molar-refractivity contribution in [2.75, 3.05) is 0 Å². The molecule has 0 aliphatic heterocycles. The van der Waals surface area contributed by atoms with Gasteiger partial charge in [0.25, 0.3) is 5.91 Å². The van der Waals surface area contributed by atoms with Gasteiger partial charge in [-0.2, -0.15) is 0 Å². The number of benzene rings is 3. The summed E-state index contributed by atoms with van der Waals surface area (Å²) >= 11 is 0. The van der Waals surface area contributed by atoms with Gasteiger partial charge in [-0.3, -0.25) is 9.59 Å². The monoisotopic (exact) mass is 416 g/mol. The van der Waals surface area contributed by atoms with Crippen molar-refractivity contribution in [1.82, 2.24) is 10.6 Å². The van der Waals surface area contributed by atoms with Gasteiger partial charge in [0, 0.05) is 24.1 Å². The number of amides is 2. The van der Waals surface area contributed by atoms with E-state index in [1.807, 2.05) is 74.5 Å². The third kappa shape index (κ3) is 6.71. The van der Waals surface area contributed by atoms with Gasteiger partial charge >= 0.3 is 0 Å². The molecule has 0 radical (unpaired) electrons. The van der Waals surface area contributed by atoms with Crippen LogP contribution < -0.4 is 15.4 Å². The summed E-state index contributed by atoms with van der Waals surface area (Å²) in [6.07, 6.45) is 0.433. The van der Waals surface area contributed by atoms with Crippen molar-refractivity contribution in [3.63, 3.8) is 0 Å². The van der Waals surface area contributed by atoms with Gasteiger partial charge in [-0.15, -0.1) is 0 Å². The van der Waals surface area contributed by atoms with E-state index in [-0.39, 0.29) is 17.9 Å². The SMILES string of the molecule is CC(C)Oc1ccccc1CNC(=O)C(Cc1ccccc1)NC(=O)c1ccccc1. The lowest BCUT2D eigenvalue weighted by molar-refractivity contribution is -0.123. The number of nitrogens with one attached hydrogen (secondary N) is 2. The first kappa shape index (κ1) is 22.1. The molecule has 0 bridgehead atoms.